The lowest BCUT2D eigenvalue weighted by Gasteiger charge is -2.32. The van der Waals surface area contributed by atoms with Crippen LogP contribution < -0.4 is 9.80 Å². The molecule has 0 aliphatic heterocycles. The third kappa shape index (κ3) is 4.77. The topological polar surface area (TPSA) is 122 Å². The Morgan fingerprint density at radius 2 is 1.08 bits per heavy atom. The molecule has 0 saturated heterocycles. The number of aromatic hydroxyl groups is 2. The van der Waals surface area contributed by atoms with E-state index in [1.165, 1.54) is 34.1 Å². The van der Waals surface area contributed by atoms with Gasteiger partial charge in [0.15, 0.2) is 0 Å². The average molecular weight is 346 g/mol. The van der Waals surface area contributed by atoms with Gasteiger partial charge in [-0.25, -0.2) is 0 Å². The predicted octanol–water partition coefficient (Wildman–Crippen LogP) is 1.54. The molecule has 2 aromatic rings. The second kappa shape index (κ2) is 7.91. The zero-order chi connectivity index (χ0) is 18.4. The molecule has 0 amide bonds. The maximum atomic E-state index is 11.2. The monoisotopic (exact) mass is 346 g/mol. The summed E-state index contributed by atoms with van der Waals surface area (Å²) in [7, 11) is 0. The summed E-state index contributed by atoms with van der Waals surface area (Å²) in [4.78, 5) is 25.0. The molecular weight excluding hydrogens is 328 g/mol. The SMILES string of the molecule is O=C(O)CN(CN(CC(=O)O)c1ccccc1O)c1ccccc1O. The Morgan fingerprint density at radius 1 is 0.720 bits per heavy atom. The Bertz CT molecular complexity index is 701. The number of nitrogens with zero attached hydrogens (tertiary/aromatic N) is 2. The number of benzene rings is 2. The van der Waals surface area contributed by atoms with Gasteiger partial charge in [-0.1, -0.05) is 24.3 Å². The van der Waals surface area contributed by atoms with Gasteiger partial charge in [-0.05, 0) is 24.3 Å². The molecule has 0 aliphatic rings. The molecule has 0 spiro atoms. The van der Waals surface area contributed by atoms with Crippen LogP contribution in [-0.2, 0) is 9.59 Å². The highest BCUT2D eigenvalue weighted by molar-refractivity contribution is 5.78. The van der Waals surface area contributed by atoms with Crippen LogP contribution in [0.5, 0.6) is 11.5 Å². The smallest absolute Gasteiger partial charge is 0.323 e. The van der Waals surface area contributed by atoms with Gasteiger partial charge >= 0.3 is 11.9 Å². The minimum atomic E-state index is -1.14. The molecular formula is C17H18N2O6. The van der Waals surface area contributed by atoms with Crippen molar-refractivity contribution in [2.75, 3.05) is 29.6 Å². The van der Waals surface area contributed by atoms with Crippen LogP contribution >= 0.6 is 0 Å². The zero-order valence-electron chi connectivity index (χ0n) is 13.2. The van der Waals surface area contributed by atoms with Crippen molar-refractivity contribution in [2.45, 2.75) is 0 Å². The van der Waals surface area contributed by atoms with Crippen molar-refractivity contribution in [1.82, 2.24) is 0 Å². The molecule has 4 N–H and O–H groups in total. The predicted molar refractivity (Wildman–Crippen MR) is 91.0 cm³/mol. The van der Waals surface area contributed by atoms with Gasteiger partial charge in [0.25, 0.3) is 0 Å². The van der Waals surface area contributed by atoms with Gasteiger partial charge in [0, 0.05) is 0 Å². The maximum Gasteiger partial charge on any atom is 0.323 e. The summed E-state index contributed by atoms with van der Waals surface area (Å²) < 4.78 is 0. The number of carbonyl (C=O) groups is 2. The number of hydrogen-bond acceptors (Lipinski definition) is 6. The molecule has 0 aliphatic carbocycles. The van der Waals surface area contributed by atoms with E-state index in [4.69, 9.17) is 10.2 Å². The standard InChI is InChI=1S/C17H18N2O6/c20-14-7-3-1-5-12(14)18(9-16(22)23)11-19(10-17(24)25)13-6-2-4-8-15(13)21/h1-8,20-21H,9-11H2,(H,22,23)(H,24,25). The second-order valence-electron chi connectivity index (χ2n) is 5.30. The van der Waals surface area contributed by atoms with Crippen LogP contribution in [0.1, 0.15) is 0 Å². The summed E-state index contributed by atoms with van der Waals surface area (Å²) in [5.41, 5.74) is 0.492. The number of rotatable bonds is 8. The molecule has 0 saturated carbocycles. The lowest BCUT2D eigenvalue weighted by atomic mass is 10.2. The molecule has 0 heterocycles. The molecule has 0 bridgehead atoms. The Morgan fingerprint density at radius 3 is 1.40 bits per heavy atom. The van der Waals surface area contributed by atoms with E-state index in [0.29, 0.717) is 0 Å². The van der Waals surface area contributed by atoms with Crippen LogP contribution in [0.2, 0.25) is 0 Å². The van der Waals surface area contributed by atoms with Crippen LogP contribution in [0.15, 0.2) is 48.5 Å². The first-order chi connectivity index (χ1) is 11.9. The molecule has 8 heteroatoms. The summed E-state index contributed by atoms with van der Waals surface area (Å²) in [5.74, 6) is -2.54. The summed E-state index contributed by atoms with van der Waals surface area (Å²) >= 11 is 0. The van der Waals surface area contributed by atoms with Crippen molar-refractivity contribution in [1.29, 1.82) is 0 Å². The normalized spacial score (nSPS) is 10.2. The Balaban J connectivity index is 2.38. The highest BCUT2D eigenvalue weighted by Gasteiger charge is 2.21. The largest absolute Gasteiger partial charge is 0.506 e. The quantitative estimate of drug-likeness (QED) is 0.531. The number of aliphatic carboxylic acids is 2. The molecule has 0 unspecified atom stereocenters. The first-order valence-electron chi connectivity index (χ1n) is 7.38. The number of hydrogen-bond donors (Lipinski definition) is 4. The molecule has 2 aromatic carbocycles. The molecule has 0 atom stereocenters. The van der Waals surface area contributed by atoms with E-state index in [-0.39, 0.29) is 29.5 Å². The molecule has 2 rings (SSSR count). The lowest BCUT2D eigenvalue weighted by Crippen LogP contribution is -2.43. The number of phenols is 2. The van der Waals surface area contributed by atoms with E-state index < -0.39 is 25.0 Å². The van der Waals surface area contributed by atoms with Gasteiger partial charge in [0.1, 0.15) is 24.6 Å². The van der Waals surface area contributed by atoms with E-state index in [2.05, 4.69) is 0 Å². The maximum absolute atomic E-state index is 11.2. The number of carboxylic acids is 2. The zero-order valence-corrected chi connectivity index (χ0v) is 13.2. The van der Waals surface area contributed by atoms with Crippen LogP contribution in [0.3, 0.4) is 0 Å². The minimum absolute atomic E-state index is 0.128. The van der Waals surface area contributed by atoms with Crippen LogP contribution in [0.25, 0.3) is 0 Å². The van der Waals surface area contributed by atoms with Crippen molar-refractivity contribution in [3.63, 3.8) is 0 Å². The third-order valence-electron chi connectivity index (χ3n) is 3.44. The fourth-order valence-electron chi connectivity index (χ4n) is 2.42. The van der Waals surface area contributed by atoms with E-state index >= 15 is 0 Å². The van der Waals surface area contributed by atoms with Gasteiger partial charge < -0.3 is 30.2 Å². The number of para-hydroxylation sites is 4. The van der Waals surface area contributed by atoms with Crippen LogP contribution in [-0.4, -0.2) is 52.1 Å². The molecule has 0 fully saturated rings. The second-order valence-corrected chi connectivity index (χ2v) is 5.30. The number of anilines is 2. The molecule has 132 valence electrons. The Kier molecular flexibility index (Phi) is 5.67. The van der Waals surface area contributed by atoms with Crippen LogP contribution in [0.4, 0.5) is 11.4 Å². The van der Waals surface area contributed by atoms with Gasteiger partial charge in [0.05, 0.1) is 18.0 Å². The fraction of sp³-hybridized carbons (Fsp3) is 0.176. The van der Waals surface area contributed by atoms with E-state index in [1.54, 1.807) is 24.3 Å². The molecule has 0 aromatic heterocycles. The Hall–Kier alpha value is -3.42. The van der Waals surface area contributed by atoms with Gasteiger partial charge in [-0.15, -0.1) is 0 Å². The highest BCUT2D eigenvalue weighted by atomic mass is 16.4. The number of phenolic OH excluding ortho intramolecular Hbond substituents is 2. The average Bonchev–Trinajstić information content (AvgIpc) is 2.53. The summed E-state index contributed by atoms with van der Waals surface area (Å²) in [6, 6.07) is 12.3. The summed E-state index contributed by atoms with van der Waals surface area (Å²) in [5, 5.41) is 38.3. The lowest BCUT2D eigenvalue weighted by molar-refractivity contribution is -0.136. The van der Waals surface area contributed by atoms with Crippen molar-refractivity contribution < 1.29 is 30.0 Å². The first-order valence-corrected chi connectivity index (χ1v) is 7.38. The van der Waals surface area contributed by atoms with Crippen molar-refractivity contribution in [3.8, 4) is 11.5 Å². The van der Waals surface area contributed by atoms with E-state index in [0.717, 1.165) is 0 Å². The van der Waals surface area contributed by atoms with Crippen LogP contribution in [0, 0.1) is 0 Å². The summed E-state index contributed by atoms with van der Waals surface area (Å²) in [6.45, 7) is -1.07. The van der Waals surface area contributed by atoms with E-state index in [9.17, 15) is 19.8 Å². The third-order valence-corrected chi connectivity index (χ3v) is 3.44. The molecule has 0 radical (unpaired) electrons. The fourth-order valence-corrected chi connectivity index (χ4v) is 2.42. The molecule has 8 nitrogen and oxygen atoms in total. The first kappa shape index (κ1) is 17.9. The van der Waals surface area contributed by atoms with E-state index in [1.807, 2.05) is 0 Å². The minimum Gasteiger partial charge on any atom is -0.506 e. The van der Waals surface area contributed by atoms with Crippen molar-refractivity contribution >= 4 is 23.3 Å². The highest BCUT2D eigenvalue weighted by Crippen LogP contribution is 2.30. The molecule has 25 heavy (non-hydrogen) atoms. The Labute approximate surface area is 143 Å². The van der Waals surface area contributed by atoms with Gasteiger partial charge in [-0.3, -0.25) is 9.59 Å². The van der Waals surface area contributed by atoms with Gasteiger partial charge in [-0.2, -0.15) is 0 Å². The number of carboxylic acid groups (broad SMARTS) is 2. The van der Waals surface area contributed by atoms with Gasteiger partial charge in [0.2, 0.25) is 0 Å². The van der Waals surface area contributed by atoms with Crippen molar-refractivity contribution in [3.05, 3.63) is 48.5 Å². The summed E-state index contributed by atoms with van der Waals surface area (Å²) in [6.07, 6.45) is 0. The van der Waals surface area contributed by atoms with Crippen molar-refractivity contribution in [2.24, 2.45) is 0 Å².